The smallest absolute Gasteiger partial charge is 0.454 e. The van der Waals surface area contributed by atoms with Crippen molar-refractivity contribution in [1.29, 1.82) is 0 Å². The first-order valence-corrected chi connectivity index (χ1v) is 4.95. The predicted molar refractivity (Wildman–Crippen MR) is 57.2 cm³/mol. The number of esters is 1. The highest BCUT2D eigenvalue weighted by Crippen LogP contribution is 2.25. The number of alkyl halides is 3. The Hall–Kier alpha value is -2.05. The van der Waals surface area contributed by atoms with E-state index in [0.29, 0.717) is 0 Å². The van der Waals surface area contributed by atoms with Crippen LogP contribution in [0.2, 0.25) is 0 Å². The molecule has 0 aliphatic rings. The summed E-state index contributed by atoms with van der Waals surface area (Å²) in [7, 11) is 0. The topological polar surface area (TPSA) is 69.4 Å². The molecule has 2 N–H and O–H groups in total. The van der Waals surface area contributed by atoms with Gasteiger partial charge < -0.3 is 10.5 Å². The number of carbonyl (C=O) groups is 2. The highest BCUT2D eigenvalue weighted by molar-refractivity contribution is 6.09. The number of rotatable bonds is 3. The maximum Gasteiger partial charge on any atom is 0.454 e. The van der Waals surface area contributed by atoms with Gasteiger partial charge in [-0.05, 0) is 25.1 Å². The molecule has 4 nitrogen and oxygen atoms in total. The standard InChI is InChI=1S/C11H10F3NO3/c1-2-18-10(17)8-5-6(15)3-4-7(8)9(16)11(12,13)14/h3-5H,2,15H2,1H3. The summed E-state index contributed by atoms with van der Waals surface area (Å²) >= 11 is 0. The van der Waals surface area contributed by atoms with Crippen molar-refractivity contribution < 1.29 is 27.5 Å². The molecular weight excluding hydrogens is 251 g/mol. The Balaban J connectivity index is 3.28. The summed E-state index contributed by atoms with van der Waals surface area (Å²) in [6.07, 6.45) is -5.06. The molecule has 0 aliphatic carbocycles. The lowest BCUT2D eigenvalue weighted by Crippen LogP contribution is -2.25. The highest BCUT2D eigenvalue weighted by atomic mass is 19.4. The average molecular weight is 261 g/mol. The molecule has 1 rings (SSSR count). The van der Waals surface area contributed by atoms with Gasteiger partial charge in [0, 0.05) is 11.3 Å². The number of Topliss-reactive ketones (excluding diaryl/α,β-unsaturated/α-hetero) is 1. The van der Waals surface area contributed by atoms with Gasteiger partial charge in [-0.25, -0.2) is 4.79 Å². The molecule has 0 heterocycles. The number of halogens is 3. The van der Waals surface area contributed by atoms with Crippen molar-refractivity contribution >= 4 is 17.4 Å². The van der Waals surface area contributed by atoms with E-state index in [2.05, 4.69) is 4.74 Å². The van der Waals surface area contributed by atoms with E-state index in [4.69, 9.17) is 5.73 Å². The lowest BCUT2D eigenvalue weighted by atomic mass is 10.0. The lowest BCUT2D eigenvalue weighted by molar-refractivity contribution is -0.0885. The minimum atomic E-state index is -5.06. The van der Waals surface area contributed by atoms with Crippen molar-refractivity contribution in [3.63, 3.8) is 0 Å². The predicted octanol–water partition coefficient (Wildman–Crippen LogP) is 2.19. The number of benzene rings is 1. The summed E-state index contributed by atoms with van der Waals surface area (Å²) in [5, 5.41) is 0. The second kappa shape index (κ2) is 5.07. The van der Waals surface area contributed by atoms with Crippen LogP contribution in [0.1, 0.15) is 27.6 Å². The SMILES string of the molecule is CCOC(=O)c1cc(N)ccc1C(=O)C(F)(F)F. The first-order chi connectivity index (χ1) is 8.27. The molecule has 0 unspecified atom stereocenters. The Morgan fingerprint density at radius 3 is 2.39 bits per heavy atom. The summed E-state index contributed by atoms with van der Waals surface area (Å²) in [6.45, 7) is 1.47. The number of hydrogen-bond donors (Lipinski definition) is 1. The highest BCUT2D eigenvalue weighted by Gasteiger charge is 2.41. The second-order valence-electron chi connectivity index (χ2n) is 3.35. The van der Waals surface area contributed by atoms with Crippen molar-refractivity contribution in [3.05, 3.63) is 29.3 Å². The normalized spacial score (nSPS) is 11.1. The molecule has 0 radical (unpaired) electrons. The third-order valence-corrected chi connectivity index (χ3v) is 2.04. The molecule has 1 aromatic carbocycles. The van der Waals surface area contributed by atoms with Crippen molar-refractivity contribution in [3.8, 4) is 0 Å². The van der Waals surface area contributed by atoms with Gasteiger partial charge in [0.25, 0.3) is 5.78 Å². The molecule has 0 saturated heterocycles. The summed E-state index contributed by atoms with van der Waals surface area (Å²) in [5.41, 5.74) is 4.18. The van der Waals surface area contributed by atoms with Gasteiger partial charge in [0.1, 0.15) is 0 Å². The van der Waals surface area contributed by atoms with Gasteiger partial charge in [-0.1, -0.05) is 0 Å². The van der Waals surface area contributed by atoms with Gasteiger partial charge in [0.15, 0.2) is 0 Å². The minimum absolute atomic E-state index is 0.0206. The van der Waals surface area contributed by atoms with Crippen molar-refractivity contribution in [2.75, 3.05) is 12.3 Å². The monoisotopic (exact) mass is 261 g/mol. The third kappa shape index (κ3) is 2.99. The van der Waals surface area contributed by atoms with E-state index in [0.717, 1.165) is 18.2 Å². The molecule has 98 valence electrons. The molecule has 0 aliphatic heterocycles. The number of nitrogen functional groups attached to an aromatic ring is 1. The Bertz CT molecular complexity index is 483. The number of ether oxygens (including phenoxy) is 1. The quantitative estimate of drug-likeness (QED) is 0.514. The van der Waals surface area contributed by atoms with Crippen LogP contribution in [0.3, 0.4) is 0 Å². The van der Waals surface area contributed by atoms with Gasteiger partial charge in [0.2, 0.25) is 0 Å². The van der Waals surface area contributed by atoms with Crippen LogP contribution >= 0.6 is 0 Å². The van der Waals surface area contributed by atoms with Crippen LogP contribution in [0, 0.1) is 0 Å². The van der Waals surface area contributed by atoms with E-state index < -0.39 is 29.1 Å². The molecule has 0 amide bonds. The van der Waals surface area contributed by atoms with E-state index in [1.807, 2.05) is 0 Å². The van der Waals surface area contributed by atoms with Crippen molar-refractivity contribution in [1.82, 2.24) is 0 Å². The maximum atomic E-state index is 12.3. The summed E-state index contributed by atoms with van der Waals surface area (Å²) in [5.74, 6) is -3.12. The molecular formula is C11H10F3NO3. The Labute approximate surface area is 101 Å². The molecule has 0 atom stereocenters. The summed E-state index contributed by atoms with van der Waals surface area (Å²) in [4.78, 5) is 22.6. The molecule has 0 bridgehead atoms. The zero-order chi connectivity index (χ0) is 13.9. The Morgan fingerprint density at radius 2 is 1.89 bits per heavy atom. The average Bonchev–Trinajstić information content (AvgIpc) is 2.27. The minimum Gasteiger partial charge on any atom is -0.462 e. The fourth-order valence-corrected chi connectivity index (χ4v) is 1.29. The Morgan fingerprint density at radius 1 is 1.28 bits per heavy atom. The number of hydrogen-bond acceptors (Lipinski definition) is 4. The van der Waals surface area contributed by atoms with Gasteiger partial charge in [-0.15, -0.1) is 0 Å². The van der Waals surface area contributed by atoms with Crippen molar-refractivity contribution in [2.45, 2.75) is 13.1 Å². The van der Waals surface area contributed by atoms with E-state index in [1.54, 1.807) is 0 Å². The van der Waals surface area contributed by atoms with Crippen LogP contribution in [0.5, 0.6) is 0 Å². The molecule has 0 saturated carbocycles. The molecule has 0 aromatic heterocycles. The zero-order valence-corrected chi connectivity index (χ0v) is 9.38. The zero-order valence-electron chi connectivity index (χ0n) is 9.38. The van der Waals surface area contributed by atoms with Crippen LogP contribution in [0.15, 0.2) is 18.2 Å². The molecule has 0 spiro atoms. The maximum absolute atomic E-state index is 12.3. The fourth-order valence-electron chi connectivity index (χ4n) is 1.29. The molecule has 7 heteroatoms. The van der Waals surface area contributed by atoms with Gasteiger partial charge in [0.05, 0.1) is 12.2 Å². The van der Waals surface area contributed by atoms with Gasteiger partial charge >= 0.3 is 12.1 Å². The van der Waals surface area contributed by atoms with Crippen LogP contribution in [0.25, 0.3) is 0 Å². The van der Waals surface area contributed by atoms with E-state index in [9.17, 15) is 22.8 Å². The van der Waals surface area contributed by atoms with Gasteiger partial charge in [-0.2, -0.15) is 13.2 Å². The van der Waals surface area contributed by atoms with Gasteiger partial charge in [-0.3, -0.25) is 4.79 Å². The Kier molecular flexibility index (Phi) is 3.95. The first-order valence-electron chi connectivity index (χ1n) is 4.95. The largest absolute Gasteiger partial charge is 0.462 e. The second-order valence-corrected chi connectivity index (χ2v) is 3.35. The third-order valence-electron chi connectivity index (χ3n) is 2.04. The number of nitrogens with two attached hydrogens (primary N) is 1. The number of carbonyl (C=O) groups excluding carboxylic acids is 2. The summed E-state index contributed by atoms with van der Waals surface area (Å²) in [6, 6.07) is 2.95. The first kappa shape index (κ1) is 14.0. The molecule has 0 fully saturated rings. The van der Waals surface area contributed by atoms with E-state index in [-0.39, 0.29) is 12.3 Å². The van der Waals surface area contributed by atoms with Crippen LogP contribution in [0.4, 0.5) is 18.9 Å². The van der Waals surface area contributed by atoms with Crippen LogP contribution in [-0.4, -0.2) is 24.5 Å². The van der Waals surface area contributed by atoms with Crippen LogP contribution < -0.4 is 5.73 Å². The van der Waals surface area contributed by atoms with E-state index >= 15 is 0 Å². The lowest BCUT2D eigenvalue weighted by Gasteiger charge is -2.10. The van der Waals surface area contributed by atoms with Crippen molar-refractivity contribution in [2.24, 2.45) is 0 Å². The summed E-state index contributed by atoms with van der Waals surface area (Å²) < 4.78 is 41.6. The fraction of sp³-hybridized carbons (Fsp3) is 0.273. The molecule has 1 aromatic rings. The van der Waals surface area contributed by atoms with Crippen LogP contribution in [-0.2, 0) is 4.74 Å². The number of ketones is 1. The molecule has 18 heavy (non-hydrogen) atoms. The number of anilines is 1. The van der Waals surface area contributed by atoms with E-state index in [1.165, 1.54) is 6.92 Å².